The van der Waals surface area contributed by atoms with Crippen molar-refractivity contribution in [2.24, 2.45) is 0 Å². The number of quaternary nitrogens is 1. The minimum absolute atomic E-state index is 0.116. The van der Waals surface area contributed by atoms with E-state index in [1.54, 1.807) is 12.1 Å². The SMILES string of the molecule is C[C@@H]([NH2+]CC(=O)Nc1ccc(S(=O)(=O)N(C)C)cc1)c1ccc(Cl)cc1. The first-order valence-corrected chi connectivity index (χ1v) is 9.93. The summed E-state index contributed by atoms with van der Waals surface area (Å²) in [7, 11) is -0.522. The van der Waals surface area contributed by atoms with E-state index in [0.717, 1.165) is 9.87 Å². The maximum atomic E-state index is 12.1. The van der Waals surface area contributed by atoms with Crippen LogP contribution in [0.2, 0.25) is 5.02 Å². The van der Waals surface area contributed by atoms with Crippen molar-refractivity contribution in [2.45, 2.75) is 17.9 Å². The van der Waals surface area contributed by atoms with Gasteiger partial charge in [0.25, 0.3) is 5.91 Å². The molecule has 0 fully saturated rings. The zero-order valence-electron chi connectivity index (χ0n) is 14.9. The molecule has 2 rings (SSSR count). The largest absolute Gasteiger partial charge is 0.333 e. The van der Waals surface area contributed by atoms with Crippen molar-refractivity contribution in [1.82, 2.24) is 4.31 Å². The number of rotatable bonds is 7. The van der Waals surface area contributed by atoms with Crippen LogP contribution in [0.25, 0.3) is 0 Å². The van der Waals surface area contributed by atoms with E-state index in [9.17, 15) is 13.2 Å². The molecule has 0 bridgehead atoms. The van der Waals surface area contributed by atoms with Crippen molar-refractivity contribution in [2.75, 3.05) is 26.0 Å². The van der Waals surface area contributed by atoms with Gasteiger partial charge in [0.05, 0.1) is 4.90 Å². The highest BCUT2D eigenvalue weighted by atomic mass is 35.5. The predicted molar refractivity (Wildman–Crippen MR) is 103 cm³/mol. The van der Waals surface area contributed by atoms with Gasteiger partial charge in [-0.25, -0.2) is 12.7 Å². The first kappa shape index (κ1) is 20.4. The van der Waals surface area contributed by atoms with Crippen molar-refractivity contribution >= 4 is 33.2 Å². The second-order valence-electron chi connectivity index (χ2n) is 6.14. The van der Waals surface area contributed by atoms with E-state index in [1.807, 2.05) is 36.5 Å². The number of hydrogen-bond acceptors (Lipinski definition) is 3. The third kappa shape index (κ3) is 5.28. The molecule has 0 aromatic heterocycles. The molecule has 8 heteroatoms. The molecule has 0 saturated heterocycles. The molecule has 0 radical (unpaired) electrons. The van der Waals surface area contributed by atoms with E-state index in [0.29, 0.717) is 10.7 Å². The smallest absolute Gasteiger partial charge is 0.279 e. The number of nitrogens with two attached hydrogens (primary N) is 1. The van der Waals surface area contributed by atoms with E-state index in [1.165, 1.54) is 26.2 Å². The quantitative estimate of drug-likeness (QED) is 0.749. The van der Waals surface area contributed by atoms with Gasteiger partial charge in [-0.2, -0.15) is 0 Å². The third-order valence-corrected chi connectivity index (χ3v) is 6.05. The Hall–Kier alpha value is -1.93. The van der Waals surface area contributed by atoms with E-state index in [2.05, 4.69) is 5.32 Å². The number of benzene rings is 2. The van der Waals surface area contributed by atoms with Gasteiger partial charge >= 0.3 is 0 Å². The Balaban J connectivity index is 1.90. The highest BCUT2D eigenvalue weighted by Crippen LogP contribution is 2.16. The first-order valence-electron chi connectivity index (χ1n) is 8.11. The summed E-state index contributed by atoms with van der Waals surface area (Å²) in [5.41, 5.74) is 1.64. The van der Waals surface area contributed by atoms with Crippen LogP contribution in [-0.2, 0) is 14.8 Å². The van der Waals surface area contributed by atoms with Gasteiger partial charge in [-0.05, 0) is 43.3 Å². The van der Waals surface area contributed by atoms with Crippen LogP contribution in [0.1, 0.15) is 18.5 Å². The van der Waals surface area contributed by atoms with E-state index in [-0.39, 0.29) is 23.4 Å². The Kier molecular flexibility index (Phi) is 6.77. The number of hydrogen-bond donors (Lipinski definition) is 2. The number of carbonyl (C=O) groups excluding carboxylic acids is 1. The number of halogens is 1. The Morgan fingerprint density at radius 1 is 1.12 bits per heavy atom. The van der Waals surface area contributed by atoms with Crippen LogP contribution in [-0.4, -0.2) is 39.3 Å². The van der Waals surface area contributed by atoms with E-state index >= 15 is 0 Å². The summed E-state index contributed by atoms with van der Waals surface area (Å²) in [5, 5.41) is 5.37. The number of sulfonamides is 1. The van der Waals surface area contributed by atoms with Crippen LogP contribution < -0.4 is 10.6 Å². The molecule has 6 nitrogen and oxygen atoms in total. The van der Waals surface area contributed by atoms with Crippen LogP contribution in [0, 0.1) is 0 Å². The predicted octanol–water partition coefficient (Wildman–Crippen LogP) is 1.85. The van der Waals surface area contributed by atoms with Crippen molar-refractivity contribution in [3.8, 4) is 0 Å². The molecular weight excluding hydrogens is 374 g/mol. The molecule has 1 amide bonds. The maximum absolute atomic E-state index is 12.1. The fourth-order valence-corrected chi connectivity index (χ4v) is 3.35. The molecule has 0 unspecified atom stereocenters. The number of anilines is 1. The van der Waals surface area contributed by atoms with Crippen LogP contribution >= 0.6 is 11.6 Å². The number of amides is 1. The van der Waals surface area contributed by atoms with Gasteiger partial charge in [0, 0.05) is 30.4 Å². The summed E-state index contributed by atoms with van der Waals surface area (Å²) in [6.45, 7) is 2.26. The van der Waals surface area contributed by atoms with Crippen LogP contribution in [0.3, 0.4) is 0 Å². The number of nitrogens with one attached hydrogen (secondary N) is 1. The minimum Gasteiger partial charge on any atom is -0.333 e. The number of carbonyl (C=O) groups is 1. The summed E-state index contributed by atoms with van der Waals surface area (Å²) < 4.78 is 25.2. The lowest BCUT2D eigenvalue weighted by atomic mass is 10.1. The highest BCUT2D eigenvalue weighted by molar-refractivity contribution is 7.89. The molecule has 140 valence electrons. The average Bonchev–Trinajstić information content (AvgIpc) is 2.60. The van der Waals surface area contributed by atoms with Gasteiger partial charge in [0.2, 0.25) is 10.0 Å². The van der Waals surface area contributed by atoms with Crippen LogP contribution in [0.4, 0.5) is 5.69 Å². The lowest BCUT2D eigenvalue weighted by Gasteiger charge is -2.13. The minimum atomic E-state index is -3.47. The zero-order chi connectivity index (χ0) is 19.3. The molecule has 2 aromatic carbocycles. The molecule has 0 heterocycles. The lowest BCUT2D eigenvalue weighted by Crippen LogP contribution is -2.86. The van der Waals surface area contributed by atoms with Gasteiger partial charge in [-0.15, -0.1) is 0 Å². The molecule has 0 aliphatic heterocycles. The van der Waals surface area contributed by atoms with Gasteiger partial charge in [0.15, 0.2) is 6.54 Å². The van der Waals surface area contributed by atoms with Crippen molar-refractivity contribution in [1.29, 1.82) is 0 Å². The molecule has 2 aromatic rings. The highest BCUT2D eigenvalue weighted by Gasteiger charge is 2.17. The van der Waals surface area contributed by atoms with Gasteiger partial charge in [-0.1, -0.05) is 23.7 Å². The normalized spacial score (nSPS) is 12.8. The topological polar surface area (TPSA) is 83.1 Å². The first-order chi connectivity index (χ1) is 12.2. The standard InChI is InChI=1S/C18H22ClN3O3S/c1-13(14-4-6-15(19)7-5-14)20-12-18(23)21-16-8-10-17(11-9-16)26(24,25)22(2)3/h4-11,13,20H,12H2,1-3H3,(H,21,23)/p+1/t13-/m1/s1. The molecule has 1 atom stereocenters. The van der Waals surface area contributed by atoms with Crippen molar-refractivity contribution in [3.05, 3.63) is 59.1 Å². The third-order valence-electron chi connectivity index (χ3n) is 3.97. The number of nitrogens with zero attached hydrogens (tertiary/aromatic N) is 1. The van der Waals surface area contributed by atoms with Crippen molar-refractivity contribution < 1.29 is 18.5 Å². The van der Waals surface area contributed by atoms with E-state index < -0.39 is 10.0 Å². The molecule has 0 saturated carbocycles. The monoisotopic (exact) mass is 396 g/mol. The van der Waals surface area contributed by atoms with Crippen LogP contribution in [0.5, 0.6) is 0 Å². The molecule has 0 spiro atoms. The average molecular weight is 397 g/mol. The second kappa shape index (κ2) is 8.64. The Bertz CT molecular complexity index is 850. The second-order valence-corrected chi connectivity index (χ2v) is 8.73. The maximum Gasteiger partial charge on any atom is 0.279 e. The summed E-state index contributed by atoms with van der Waals surface area (Å²) in [6, 6.07) is 13.8. The summed E-state index contributed by atoms with van der Waals surface area (Å²) >= 11 is 5.88. The molecule has 26 heavy (non-hydrogen) atoms. The van der Waals surface area contributed by atoms with Gasteiger partial charge in [-0.3, -0.25) is 4.79 Å². The molecular formula is C18H23ClN3O3S+. The lowest BCUT2D eigenvalue weighted by molar-refractivity contribution is -0.682. The zero-order valence-corrected chi connectivity index (χ0v) is 16.5. The molecule has 3 N–H and O–H groups in total. The molecule has 0 aliphatic carbocycles. The van der Waals surface area contributed by atoms with Gasteiger partial charge in [0.1, 0.15) is 6.04 Å². The molecule has 0 aliphatic rings. The summed E-state index contributed by atoms with van der Waals surface area (Å²) in [6.07, 6.45) is 0. The summed E-state index contributed by atoms with van der Waals surface area (Å²) in [4.78, 5) is 12.3. The van der Waals surface area contributed by atoms with E-state index in [4.69, 9.17) is 11.6 Å². The fraction of sp³-hybridized carbons (Fsp3) is 0.278. The van der Waals surface area contributed by atoms with Crippen molar-refractivity contribution in [3.63, 3.8) is 0 Å². The van der Waals surface area contributed by atoms with Gasteiger partial charge < -0.3 is 10.6 Å². The Morgan fingerprint density at radius 3 is 2.23 bits per heavy atom. The van der Waals surface area contributed by atoms with Crippen LogP contribution in [0.15, 0.2) is 53.4 Å². The Labute approximate surface area is 159 Å². The Morgan fingerprint density at radius 2 is 1.69 bits per heavy atom. The summed E-state index contributed by atoms with van der Waals surface area (Å²) in [5.74, 6) is -0.158. The fourth-order valence-electron chi connectivity index (χ4n) is 2.32.